The van der Waals surface area contributed by atoms with Crippen molar-refractivity contribution >= 4 is 31.9 Å². The Hall–Kier alpha value is -1.05. The summed E-state index contributed by atoms with van der Waals surface area (Å²) in [5.41, 5.74) is 3.92. The molecule has 0 saturated heterocycles. The van der Waals surface area contributed by atoms with E-state index in [0.717, 1.165) is 21.1 Å². The van der Waals surface area contributed by atoms with Gasteiger partial charge in [0.05, 0.1) is 10.2 Å². The highest BCUT2D eigenvalue weighted by Crippen LogP contribution is 2.35. The highest BCUT2D eigenvalue weighted by Gasteiger charge is 2.16. The van der Waals surface area contributed by atoms with Crippen molar-refractivity contribution in [2.75, 3.05) is 0 Å². The maximum atomic E-state index is 9.19. The summed E-state index contributed by atoms with van der Waals surface area (Å²) in [6, 6.07) is 10.3. The lowest BCUT2D eigenvalue weighted by Crippen LogP contribution is -1.88. The molecule has 0 amide bonds. The number of nitrogens with zero attached hydrogens (tertiary/aromatic N) is 2. The molecule has 2 rings (SSSR count). The second kappa shape index (κ2) is 5.07. The molecule has 1 aromatic heterocycles. The molecule has 2 aromatic rings. The van der Waals surface area contributed by atoms with Crippen LogP contribution in [-0.2, 0) is 12.4 Å². The Morgan fingerprint density at radius 1 is 1.35 bits per heavy atom. The van der Waals surface area contributed by atoms with E-state index in [1.807, 2.05) is 36.0 Å². The van der Waals surface area contributed by atoms with Gasteiger partial charge in [-0.15, -0.1) is 0 Å². The molecule has 0 N–H and O–H groups in total. The number of rotatable bonds is 2. The van der Waals surface area contributed by atoms with Gasteiger partial charge in [0.1, 0.15) is 6.07 Å². The van der Waals surface area contributed by atoms with Crippen LogP contribution in [-0.4, -0.2) is 4.57 Å². The van der Waals surface area contributed by atoms with Gasteiger partial charge in [-0.1, -0.05) is 40.2 Å². The minimum atomic E-state index is 0.688. The number of benzene rings is 1. The van der Waals surface area contributed by atoms with Crippen molar-refractivity contribution in [3.05, 3.63) is 46.2 Å². The second-order valence-electron chi connectivity index (χ2n) is 3.72. The fourth-order valence-electron chi connectivity index (χ4n) is 1.82. The Morgan fingerprint density at radius 3 is 2.71 bits per heavy atom. The summed E-state index contributed by atoms with van der Waals surface area (Å²) in [5, 5.41) is 9.96. The summed E-state index contributed by atoms with van der Waals surface area (Å²) in [6.45, 7) is 0. The molecule has 0 unspecified atom stereocenters. The van der Waals surface area contributed by atoms with Gasteiger partial charge in [0, 0.05) is 24.1 Å². The van der Waals surface area contributed by atoms with Crippen LogP contribution in [0.2, 0.25) is 0 Å². The molecule has 0 aliphatic rings. The van der Waals surface area contributed by atoms with E-state index in [9.17, 15) is 5.26 Å². The standard InChI is InChI=1S/C13H10Br2N2/c1-17-8-10(7-16)12(13(17)15)11-5-3-2-4-9(11)6-14/h2-5,8H,6H2,1H3. The number of aromatic nitrogens is 1. The van der Waals surface area contributed by atoms with Crippen LogP contribution in [0.1, 0.15) is 11.1 Å². The van der Waals surface area contributed by atoms with Crippen LogP contribution in [0.3, 0.4) is 0 Å². The van der Waals surface area contributed by atoms with E-state index < -0.39 is 0 Å². The third-order valence-electron chi connectivity index (χ3n) is 2.66. The maximum Gasteiger partial charge on any atom is 0.101 e. The summed E-state index contributed by atoms with van der Waals surface area (Å²) >= 11 is 7.02. The molecule has 0 radical (unpaired) electrons. The highest BCUT2D eigenvalue weighted by atomic mass is 79.9. The molecule has 17 heavy (non-hydrogen) atoms. The highest BCUT2D eigenvalue weighted by molar-refractivity contribution is 9.10. The number of nitriles is 1. The van der Waals surface area contributed by atoms with E-state index in [0.29, 0.717) is 5.56 Å². The SMILES string of the molecule is Cn1cc(C#N)c(-c2ccccc2CBr)c1Br. The van der Waals surface area contributed by atoms with E-state index in [1.54, 1.807) is 0 Å². The largest absolute Gasteiger partial charge is 0.344 e. The van der Waals surface area contributed by atoms with Crippen LogP contribution in [0.5, 0.6) is 0 Å². The number of halogens is 2. The fraction of sp³-hybridized carbons (Fsp3) is 0.154. The van der Waals surface area contributed by atoms with E-state index in [-0.39, 0.29) is 0 Å². The Labute approximate surface area is 117 Å². The molecule has 0 spiro atoms. The van der Waals surface area contributed by atoms with Gasteiger partial charge in [0.15, 0.2) is 0 Å². The van der Waals surface area contributed by atoms with E-state index in [2.05, 4.69) is 44.0 Å². The molecule has 0 atom stereocenters. The van der Waals surface area contributed by atoms with E-state index in [4.69, 9.17) is 0 Å². The number of alkyl halides is 1. The predicted molar refractivity (Wildman–Crippen MR) is 75.9 cm³/mol. The molecular formula is C13H10Br2N2. The first-order chi connectivity index (χ1) is 8.19. The van der Waals surface area contributed by atoms with Gasteiger partial charge in [0.25, 0.3) is 0 Å². The second-order valence-corrected chi connectivity index (χ2v) is 5.03. The third-order valence-corrected chi connectivity index (χ3v) is 4.22. The smallest absolute Gasteiger partial charge is 0.101 e. The topological polar surface area (TPSA) is 28.7 Å². The van der Waals surface area contributed by atoms with Crippen LogP contribution in [0.4, 0.5) is 0 Å². The van der Waals surface area contributed by atoms with Crippen LogP contribution >= 0.6 is 31.9 Å². The molecule has 0 saturated carbocycles. The summed E-state index contributed by atoms with van der Waals surface area (Å²) in [5.74, 6) is 0. The fourth-order valence-corrected chi connectivity index (χ4v) is 2.84. The zero-order valence-electron chi connectivity index (χ0n) is 9.24. The van der Waals surface area contributed by atoms with Crippen LogP contribution in [0.25, 0.3) is 11.1 Å². The third kappa shape index (κ3) is 2.18. The molecule has 4 heteroatoms. The molecular weight excluding hydrogens is 344 g/mol. The van der Waals surface area contributed by atoms with Crippen molar-refractivity contribution in [1.29, 1.82) is 5.26 Å². The first-order valence-electron chi connectivity index (χ1n) is 5.08. The first kappa shape index (κ1) is 12.4. The Balaban J connectivity index is 2.73. The Bertz CT molecular complexity index is 594. The van der Waals surface area contributed by atoms with Crippen molar-refractivity contribution in [3.8, 4) is 17.2 Å². The van der Waals surface area contributed by atoms with Gasteiger partial charge in [-0.3, -0.25) is 0 Å². The van der Waals surface area contributed by atoms with Gasteiger partial charge >= 0.3 is 0 Å². The van der Waals surface area contributed by atoms with Crippen molar-refractivity contribution in [2.24, 2.45) is 7.05 Å². The van der Waals surface area contributed by atoms with Gasteiger partial charge in [-0.05, 0) is 27.1 Å². The minimum absolute atomic E-state index is 0.688. The maximum absolute atomic E-state index is 9.19. The number of hydrogen-bond donors (Lipinski definition) is 0. The zero-order valence-corrected chi connectivity index (χ0v) is 12.4. The van der Waals surface area contributed by atoms with Crippen LogP contribution in [0, 0.1) is 11.3 Å². The lowest BCUT2D eigenvalue weighted by molar-refractivity contribution is 0.901. The summed E-state index contributed by atoms with van der Waals surface area (Å²) in [4.78, 5) is 0. The molecule has 0 bridgehead atoms. The van der Waals surface area contributed by atoms with Crippen molar-refractivity contribution in [2.45, 2.75) is 5.33 Å². The van der Waals surface area contributed by atoms with E-state index >= 15 is 0 Å². The summed E-state index contributed by atoms with van der Waals surface area (Å²) in [7, 11) is 1.92. The molecule has 1 heterocycles. The molecule has 0 aliphatic heterocycles. The Morgan fingerprint density at radius 2 is 2.06 bits per heavy atom. The molecule has 86 valence electrons. The van der Waals surface area contributed by atoms with Gasteiger partial charge in [0.2, 0.25) is 0 Å². The first-order valence-corrected chi connectivity index (χ1v) is 6.99. The van der Waals surface area contributed by atoms with Crippen molar-refractivity contribution < 1.29 is 0 Å². The summed E-state index contributed by atoms with van der Waals surface area (Å²) in [6.07, 6.45) is 1.84. The average Bonchev–Trinajstić information content (AvgIpc) is 2.65. The number of hydrogen-bond acceptors (Lipinski definition) is 1. The molecule has 2 nitrogen and oxygen atoms in total. The Kier molecular flexibility index (Phi) is 3.70. The lowest BCUT2D eigenvalue weighted by Gasteiger charge is -2.07. The van der Waals surface area contributed by atoms with Crippen LogP contribution < -0.4 is 0 Å². The van der Waals surface area contributed by atoms with Crippen molar-refractivity contribution in [3.63, 3.8) is 0 Å². The normalized spacial score (nSPS) is 10.2. The zero-order chi connectivity index (χ0) is 12.4. The molecule has 0 aliphatic carbocycles. The molecule has 1 aromatic carbocycles. The summed E-state index contributed by atoms with van der Waals surface area (Å²) < 4.78 is 2.85. The lowest BCUT2D eigenvalue weighted by atomic mass is 10.0. The van der Waals surface area contributed by atoms with Gasteiger partial charge < -0.3 is 4.57 Å². The van der Waals surface area contributed by atoms with Gasteiger partial charge in [-0.2, -0.15) is 5.26 Å². The van der Waals surface area contributed by atoms with E-state index in [1.165, 1.54) is 5.56 Å². The minimum Gasteiger partial charge on any atom is -0.344 e. The van der Waals surface area contributed by atoms with Gasteiger partial charge in [-0.25, -0.2) is 0 Å². The quantitative estimate of drug-likeness (QED) is 0.743. The molecule has 0 fully saturated rings. The number of aryl methyl sites for hydroxylation is 1. The average molecular weight is 354 g/mol. The van der Waals surface area contributed by atoms with Crippen LogP contribution in [0.15, 0.2) is 35.1 Å². The predicted octanol–water partition coefficient (Wildman–Crippen LogP) is 4.22. The van der Waals surface area contributed by atoms with Crippen molar-refractivity contribution in [1.82, 2.24) is 4.57 Å². The monoisotopic (exact) mass is 352 g/mol.